The van der Waals surface area contributed by atoms with Gasteiger partial charge in [-0.3, -0.25) is 4.79 Å². The summed E-state index contributed by atoms with van der Waals surface area (Å²) in [5.41, 5.74) is 5.99. The van der Waals surface area contributed by atoms with Crippen molar-refractivity contribution in [3.63, 3.8) is 0 Å². The summed E-state index contributed by atoms with van der Waals surface area (Å²) in [4.78, 5) is 15.1. The minimum atomic E-state index is -0.235. The van der Waals surface area contributed by atoms with Crippen LogP contribution in [-0.4, -0.2) is 23.4 Å². The molecule has 2 rings (SSSR count). The first kappa shape index (κ1) is 12.6. The SMILES string of the molecule is CN(Cc1cccs1)C(=O)CC1(N)CCCC1. The van der Waals surface area contributed by atoms with Gasteiger partial charge in [-0.2, -0.15) is 0 Å². The molecule has 0 aliphatic heterocycles. The normalized spacial score (nSPS) is 18.2. The maximum absolute atomic E-state index is 12.1. The van der Waals surface area contributed by atoms with Gasteiger partial charge in [0.25, 0.3) is 0 Å². The molecule has 1 aromatic heterocycles. The number of thiophene rings is 1. The van der Waals surface area contributed by atoms with Crippen LogP contribution in [0.2, 0.25) is 0 Å². The van der Waals surface area contributed by atoms with E-state index < -0.39 is 0 Å². The maximum atomic E-state index is 12.1. The Morgan fingerprint density at radius 1 is 1.53 bits per heavy atom. The van der Waals surface area contributed by atoms with Gasteiger partial charge in [-0.1, -0.05) is 18.9 Å². The van der Waals surface area contributed by atoms with E-state index in [0.29, 0.717) is 13.0 Å². The fourth-order valence-corrected chi connectivity index (χ4v) is 3.17. The topological polar surface area (TPSA) is 46.3 Å². The second-order valence-electron chi connectivity index (χ2n) is 5.08. The van der Waals surface area contributed by atoms with Crippen molar-refractivity contribution in [2.75, 3.05) is 7.05 Å². The van der Waals surface area contributed by atoms with E-state index >= 15 is 0 Å². The summed E-state index contributed by atoms with van der Waals surface area (Å²) >= 11 is 1.69. The van der Waals surface area contributed by atoms with Crippen LogP contribution >= 0.6 is 11.3 Å². The largest absolute Gasteiger partial charge is 0.341 e. The Bertz CT molecular complexity index is 369. The minimum absolute atomic E-state index is 0.169. The zero-order chi connectivity index (χ0) is 12.3. The van der Waals surface area contributed by atoms with Gasteiger partial charge < -0.3 is 10.6 Å². The number of nitrogens with two attached hydrogens (primary N) is 1. The standard InChI is InChI=1S/C13H20N2OS/c1-15(10-11-5-4-8-17-11)12(16)9-13(14)6-2-3-7-13/h4-5,8H,2-3,6-7,9-10,14H2,1H3. The lowest BCUT2D eigenvalue weighted by atomic mass is 9.94. The molecular weight excluding hydrogens is 232 g/mol. The molecule has 3 nitrogen and oxygen atoms in total. The van der Waals surface area contributed by atoms with Crippen molar-refractivity contribution in [1.82, 2.24) is 4.90 Å². The van der Waals surface area contributed by atoms with Crippen LogP contribution in [0.5, 0.6) is 0 Å². The summed E-state index contributed by atoms with van der Waals surface area (Å²) in [5.74, 6) is 0.169. The number of amides is 1. The van der Waals surface area contributed by atoms with E-state index in [2.05, 4.69) is 6.07 Å². The van der Waals surface area contributed by atoms with Gasteiger partial charge in [-0.15, -0.1) is 11.3 Å². The van der Waals surface area contributed by atoms with Crippen LogP contribution in [0.15, 0.2) is 17.5 Å². The van der Waals surface area contributed by atoms with E-state index in [4.69, 9.17) is 5.73 Å². The lowest BCUT2D eigenvalue weighted by molar-refractivity contribution is -0.131. The van der Waals surface area contributed by atoms with Gasteiger partial charge in [0.05, 0.1) is 6.54 Å². The first-order valence-electron chi connectivity index (χ1n) is 6.14. The Hall–Kier alpha value is -0.870. The molecule has 1 saturated carbocycles. The predicted octanol–water partition coefficient (Wildman–Crippen LogP) is 2.37. The molecule has 1 amide bonds. The average molecular weight is 252 g/mol. The van der Waals surface area contributed by atoms with Crippen LogP contribution in [0.4, 0.5) is 0 Å². The Labute approximate surface area is 107 Å². The summed E-state index contributed by atoms with van der Waals surface area (Å²) in [7, 11) is 1.86. The van der Waals surface area contributed by atoms with E-state index in [1.165, 1.54) is 17.7 Å². The third-order valence-electron chi connectivity index (χ3n) is 3.50. The molecule has 17 heavy (non-hydrogen) atoms. The van der Waals surface area contributed by atoms with Crippen molar-refractivity contribution >= 4 is 17.2 Å². The van der Waals surface area contributed by atoms with Gasteiger partial charge in [0.15, 0.2) is 0 Å². The summed E-state index contributed by atoms with van der Waals surface area (Å²) in [5, 5.41) is 2.04. The maximum Gasteiger partial charge on any atom is 0.224 e. The number of carbonyl (C=O) groups is 1. The quantitative estimate of drug-likeness (QED) is 0.894. The lowest BCUT2D eigenvalue weighted by Crippen LogP contribution is -2.42. The molecule has 1 aromatic rings. The third kappa shape index (κ3) is 3.30. The highest BCUT2D eigenvalue weighted by Gasteiger charge is 2.32. The fraction of sp³-hybridized carbons (Fsp3) is 0.615. The van der Waals surface area contributed by atoms with Crippen molar-refractivity contribution in [2.24, 2.45) is 5.73 Å². The molecule has 0 unspecified atom stereocenters. The average Bonchev–Trinajstić information content (AvgIpc) is 2.90. The molecule has 2 N–H and O–H groups in total. The molecule has 1 heterocycles. The minimum Gasteiger partial charge on any atom is -0.341 e. The first-order valence-corrected chi connectivity index (χ1v) is 7.02. The van der Waals surface area contributed by atoms with Crippen LogP contribution < -0.4 is 5.73 Å². The van der Waals surface area contributed by atoms with Crippen molar-refractivity contribution in [3.8, 4) is 0 Å². The highest BCUT2D eigenvalue weighted by atomic mass is 32.1. The molecule has 1 aliphatic rings. The molecule has 0 atom stereocenters. The van der Waals surface area contributed by atoms with E-state index in [1.807, 2.05) is 18.5 Å². The lowest BCUT2D eigenvalue weighted by Gasteiger charge is -2.26. The molecule has 4 heteroatoms. The first-order chi connectivity index (χ1) is 8.09. The molecule has 94 valence electrons. The molecule has 0 aromatic carbocycles. The van der Waals surface area contributed by atoms with Crippen molar-refractivity contribution < 1.29 is 4.79 Å². The van der Waals surface area contributed by atoms with Crippen LogP contribution in [-0.2, 0) is 11.3 Å². The van der Waals surface area contributed by atoms with E-state index in [9.17, 15) is 4.79 Å². The Morgan fingerprint density at radius 2 is 2.24 bits per heavy atom. The van der Waals surface area contributed by atoms with Crippen molar-refractivity contribution in [3.05, 3.63) is 22.4 Å². The van der Waals surface area contributed by atoms with Crippen molar-refractivity contribution in [1.29, 1.82) is 0 Å². The van der Waals surface area contributed by atoms with Crippen LogP contribution in [0.1, 0.15) is 37.0 Å². The van der Waals surface area contributed by atoms with Crippen LogP contribution in [0.25, 0.3) is 0 Å². The molecule has 0 saturated heterocycles. The zero-order valence-corrected chi connectivity index (χ0v) is 11.1. The van der Waals surface area contributed by atoms with E-state index in [-0.39, 0.29) is 11.4 Å². The van der Waals surface area contributed by atoms with Gasteiger partial charge in [0, 0.05) is 23.9 Å². The molecular formula is C13H20N2OS. The fourth-order valence-electron chi connectivity index (χ4n) is 2.42. The number of carbonyl (C=O) groups excluding carboxylic acids is 1. The Morgan fingerprint density at radius 3 is 2.82 bits per heavy atom. The summed E-state index contributed by atoms with van der Waals surface area (Å²) in [6, 6.07) is 4.07. The number of nitrogens with zero attached hydrogens (tertiary/aromatic N) is 1. The van der Waals surface area contributed by atoms with Crippen LogP contribution in [0.3, 0.4) is 0 Å². The van der Waals surface area contributed by atoms with E-state index in [0.717, 1.165) is 12.8 Å². The third-order valence-corrected chi connectivity index (χ3v) is 4.36. The molecule has 1 aliphatic carbocycles. The molecule has 0 spiro atoms. The monoisotopic (exact) mass is 252 g/mol. The number of hydrogen-bond donors (Lipinski definition) is 1. The summed E-state index contributed by atoms with van der Waals surface area (Å²) in [6.07, 6.45) is 4.81. The second-order valence-corrected chi connectivity index (χ2v) is 6.11. The Kier molecular flexibility index (Phi) is 3.84. The predicted molar refractivity (Wildman–Crippen MR) is 70.8 cm³/mol. The van der Waals surface area contributed by atoms with Crippen molar-refractivity contribution in [2.45, 2.75) is 44.2 Å². The smallest absolute Gasteiger partial charge is 0.224 e. The van der Waals surface area contributed by atoms with Gasteiger partial charge in [0.1, 0.15) is 0 Å². The molecule has 0 radical (unpaired) electrons. The van der Waals surface area contributed by atoms with Gasteiger partial charge in [-0.05, 0) is 24.3 Å². The summed E-state index contributed by atoms with van der Waals surface area (Å²) < 4.78 is 0. The summed E-state index contributed by atoms with van der Waals surface area (Å²) in [6.45, 7) is 0.701. The van der Waals surface area contributed by atoms with Gasteiger partial charge in [0.2, 0.25) is 5.91 Å². The second kappa shape index (κ2) is 5.19. The van der Waals surface area contributed by atoms with Gasteiger partial charge >= 0.3 is 0 Å². The molecule has 0 bridgehead atoms. The van der Waals surface area contributed by atoms with E-state index in [1.54, 1.807) is 16.2 Å². The zero-order valence-electron chi connectivity index (χ0n) is 10.3. The molecule has 1 fully saturated rings. The highest BCUT2D eigenvalue weighted by Crippen LogP contribution is 2.30. The number of rotatable bonds is 4. The van der Waals surface area contributed by atoms with Crippen LogP contribution in [0, 0.1) is 0 Å². The Balaban J connectivity index is 1.87. The van der Waals surface area contributed by atoms with Gasteiger partial charge in [-0.25, -0.2) is 0 Å². The highest BCUT2D eigenvalue weighted by molar-refractivity contribution is 7.09. The number of hydrogen-bond acceptors (Lipinski definition) is 3.